The summed E-state index contributed by atoms with van der Waals surface area (Å²) in [4.78, 5) is 25.0. The molecule has 25 heavy (non-hydrogen) atoms. The number of hydrogen-bond acceptors (Lipinski definition) is 3. The van der Waals surface area contributed by atoms with Gasteiger partial charge < -0.3 is 14.7 Å². The van der Waals surface area contributed by atoms with E-state index >= 15 is 0 Å². The van der Waals surface area contributed by atoms with Gasteiger partial charge in [-0.25, -0.2) is 9.18 Å². The van der Waals surface area contributed by atoms with Crippen molar-refractivity contribution in [3.05, 3.63) is 53.8 Å². The van der Waals surface area contributed by atoms with E-state index in [0.29, 0.717) is 30.7 Å². The molecule has 0 aromatic heterocycles. The molecule has 2 aromatic rings. The van der Waals surface area contributed by atoms with Crippen molar-refractivity contribution in [2.45, 2.75) is 18.9 Å². The molecule has 2 aromatic carbocycles. The van der Waals surface area contributed by atoms with E-state index in [1.54, 1.807) is 37.4 Å². The molecular weight excluding hydrogens is 325 g/mol. The highest BCUT2D eigenvalue weighted by Gasteiger charge is 2.35. The lowest BCUT2D eigenvalue weighted by Gasteiger charge is -2.21. The Labute approximate surface area is 144 Å². The van der Waals surface area contributed by atoms with Crippen molar-refractivity contribution >= 4 is 11.9 Å². The van der Waals surface area contributed by atoms with E-state index in [1.807, 2.05) is 0 Å². The molecular formula is C19H18FNO4. The second kappa shape index (κ2) is 6.93. The lowest BCUT2D eigenvalue weighted by molar-refractivity contribution is -0.141. The smallest absolute Gasteiger partial charge is 0.326 e. The summed E-state index contributed by atoms with van der Waals surface area (Å²) in [5, 5.41) is 9.19. The first-order chi connectivity index (χ1) is 12.0. The van der Waals surface area contributed by atoms with Gasteiger partial charge in [0.2, 0.25) is 0 Å². The number of aliphatic carboxylic acids is 1. The van der Waals surface area contributed by atoms with Crippen LogP contribution in [0.2, 0.25) is 0 Å². The van der Waals surface area contributed by atoms with Crippen LogP contribution in [0.4, 0.5) is 4.39 Å². The maximum absolute atomic E-state index is 14.5. The average Bonchev–Trinajstić information content (AvgIpc) is 3.11. The number of carbonyl (C=O) groups is 2. The summed E-state index contributed by atoms with van der Waals surface area (Å²) in [7, 11) is 1.57. The van der Waals surface area contributed by atoms with Gasteiger partial charge in [0.05, 0.1) is 12.7 Å². The number of carboxylic acids is 1. The fourth-order valence-electron chi connectivity index (χ4n) is 3.07. The van der Waals surface area contributed by atoms with E-state index in [9.17, 15) is 19.1 Å². The Balaban J connectivity index is 1.86. The highest BCUT2D eigenvalue weighted by molar-refractivity contribution is 5.97. The van der Waals surface area contributed by atoms with Gasteiger partial charge >= 0.3 is 5.97 Å². The van der Waals surface area contributed by atoms with Crippen LogP contribution in [0.1, 0.15) is 23.2 Å². The van der Waals surface area contributed by atoms with Crippen LogP contribution in [0.5, 0.6) is 5.75 Å². The van der Waals surface area contributed by atoms with Crippen molar-refractivity contribution in [3.63, 3.8) is 0 Å². The maximum Gasteiger partial charge on any atom is 0.326 e. The summed E-state index contributed by atoms with van der Waals surface area (Å²) < 4.78 is 19.6. The number of rotatable bonds is 4. The van der Waals surface area contributed by atoms with Crippen molar-refractivity contribution < 1.29 is 23.8 Å². The van der Waals surface area contributed by atoms with Gasteiger partial charge in [-0.2, -0.15) is 0 Å². The molecule has 0 radical (unpaired) electrons. The lowest BCUT2D eigenvalue weighted by atomic mass is 10.0. The van der Waals surface area contributed by atoms with Crippen molar-refractivity contribution in [2.24, 2.45) is 0 Å². The van der Waals surface area contributed by atoms with Gasteiger partial charge in [-0.3, -0.25) is 4.79 Å². The SMILES string of the molecule is COc1ccc(-c2ccc(C(=O)N3CCC[C@H]3C(=O)O)c(F)c2)cc1. The van der Waals surface area contributed by atoms with E-state index < -0.39 is 23.7 Å². The van der Waals surface area contributed by atoms with Crippen LogP contribution in [0, 0.1) is 5.82 Å². The predicted octanol–water partition coefficient (Wildman–Crippen LogP) is 3.19. The number of nitrogens with zero attached hydrogens (tertiary/aromatic N) is 1. The third-order valence-electron chi connectivity index (χ3n) is 4.42. The average molecular weight is 343 g/mol. The summed E-state index contributed by atoms with van der Waals surface area (Å²) in [6.45, 7) is 0.329. The van der Waals surface area contributed by atoms with E-state index in [2.05, 4.69) is 0 Å². The third-order valence-corrected chi connectivity index (χ3v) is 4.42. The summed E-state index contributed by atoms with van der Waals surface area (Å²) in [5.74, 6) is -1.59. The highest BCUT2D eigenvalue weighted by Crippen LogP contribution is 2.26. The van der Waals surface area contributed by atoms with Gasteiger partial charge in [-0.1, -0.05) is 18.2 Å². The number of carboxylic acid groups (broad SMARTS) is 1. The topological polar surface area (TPSA) is 66.8 Å². The van der Waals surface area contributed by atoms with Crippen LogP contribution in [-0.2, 0) is 4.79 Å². The van der Waals surface area contributed by atoms with Gasteiger partial charge in [0.1, 0.15) is 17.6 Å². The largest absolute Gasteiger partial charge is 0.497 e. The molecule has 5 nitrogen and oxygen atoms in total. The molecule has 1 aliphatic heterocycles. The van der Waals surface area contributed by atoms with E-state index in [-0.39, 0.29) is 5.56 Å². The number of ether oxygens (including phenoxy) is 1. The molecule has 1 saturated heterocycles. The molecule has 1 fully saturated rings. The van der Waals surface area contributed by atoms with Gasteiger partial charge in [0.25, 0.3) is 5.91 Å². The molecule has 0 bridgehead atoms. The molecule has 0 unspecified atom stereocenters. The minimum absolute atomic E-state index is 0.106. The Bertz CT molecular complexity index is 804. The van der Waals surface area contributed by atoms with Crippen molar-refractivity contribution in [1.82, 2.24) is 4.90 Å². The molecule has 130 valence electrons. The van der Waals surface area contributed by atoms with Crippen LogP contribution in [0.15, 0.2) is 42.5 Å². The van der Waals surface area contributed by atoms with Gasteiger partial charge in [0, 0.05) is 6.54 Å². The molecule has 1 heterocycles. The van der Waals surface area contributed by atoms with Crippen LogP contribution < -0.4 is 4.74 Å². The quantitative estimate of drug-likeness (QED) is 0.926. The zero-order valence-electron chi connectivity index (χ0n) is 13.7. The van der Waals surface area contributed by atoms with Crippen molar-refractivity contribution in [2.75, 3.05) is 13.7 Å². The third kappa shape index (κ3) is 3.33. The first kappa shape index (κ1) is 17.0. The second-order valence-electron chi connectivity index (χ2n) is 5.92. The molecule has 0 saturated carbocycles. The van der Waals surface area contributed by atoms with Crippen LogP contribution in [0.25, 0.3) is 11.1 Å². The molecule has 6 heteroatoms. The summed E-state index contributed by atoms with van der Waals surface area (Å²) in [6, 6.07) is 10.6. The summed E-state index contributed by atoms with van der Waals surface area (Å²) in [5.41, 5.74) is 1.32. The number of carbonyl (C=O) groups excluding carboxylic acids is 1. The Morgan fingerprint density at radius 1 is 1.16 bits per heavy atom. The molecule has 1 atom stereocenters. The molecule has 1 amide bonds. The summed E-state index contributed by atoms with van der Waals surface area (Å²) in [6.07, 6.45) is 1.00. The number of amides is 1. The number of likely N-dealkylation sites (tertiary alicyclic amines) is 1. The van der Waals surface area contributed by atoms with Gasteiger partial charge in [-0.15, -0.1) is 0 Å². The Hall–Kier alpha value is -2.89. The van der Waals surface area contributed by atoms with Crippen LogP contribution in [0.3, 0.4) is 0 Å². The normalized spacial score (nSPS) is 16.7. The predicted molar refractivity (Wildman–Crippen MR) is 90.1 cm³/mol. The maximum atomic E-state index is 14.5. The molecule has 0 aliphatic carbocycles. The van der Waals surface area contributed by atoms with E-state index in [0.717, 1.165) is 5.56 Å². The minimum Gasteiger partial charge on any atom is -0.497 e. The van der Waals surface area contributed by atoms with Crippen LogP contribution >= 0.6 is 0 Å². The van der Waals surface area contributed by atoms with Gasteiger partial charge in [0.15, 0.2) is 0 Å². The van der Waals surface area contributed by atoms with E-state index in [4.69, 9.17) is 4.74 Å². The number of halogens is 1. The van der Waals surface area contributed by atoms with Crippen LogP contribution in [-0.4, -0.2) is 41.6 Å². The molecule has 3 rings (SSSR count). The number of hydrogen-bond donors (Lipinski definition) is 1. The van der Waals surface area contributed by atoms with Crippen molar-refractivity contribution in [1.29, 1.82) is 0 Å². The molecule has 1 N–H and O–H groups in total. The fourth-order valence-corrected chi connectivity index (χ4v) is 3.07. The highest BCUT2D eigenvalue weighted by atomic mass is 19.1. The Morgan fingerprint density at radius 3 is 2.44 bits per heavy atom. The fraction of sp³-hybridized carbons (Fsp3) is 0.263. The van der Waals surface area contributed by atoms with Crippen molar-refractivity contribution in [3.8, 4) is 16.9 Å². The monoisotopic (exact) mass is 343 g/mol. The molecule has 0 spiro atoms. The number of benzene rings is 2. The first-order valence-electron chi connectivity index (χ1n) is 7.99. The molecule has 1 aliphatic rings. The second-order valence-corrected chi connectivity index (χ2v) is 5.92. The zero-order valence-corrected chi connectivity index (χ0v) is 13.7. The first-order valence-corrected chi connectivity index (χ1v) is 7.99. The number of methoxy groups -OCH3 is 1. The van der Waals surface area contributed by atoms with Gasteiger partial charge in [-0.05, 0) is 48.2 Å². The zero-order chi connectivity index (χ0) is 18.0. The Kier molecular flexibility index (Phi) is 4.70. The lowest BCUT2D eigenvalue weighted by Crippen LogP contribution is -2.40. The Morgan fingerprint density at radius 2 is 1.84 bits per heavy atom. The summed E-state index contributed by atoms with van der Waals surface area (Å²) >= 11 is 0. The standard InChI is InChI=1S/C19H18FNO4/c1-25-14-7-4-12(5-8-14)13-6-9-15(16(20)11-13)18(22)21-10-2-3-17(21)19(23)24/h4-9,11,17H,2-3,10H2,1H3,(H,23,24)/t17-/m0/s1. The minimum atomic E-state index is -1.05. The van der Waals surface area contributed by atoms with E-state index in [1.165, 1.54) is 17.0 Å².